The Morgan fingerprint density at radius 1 is 1.07 bits per heavy atom. The number of anilines is 1. The van der Waals surface area contributed by atoms with Crippen LogP contribution in [0.2, 0.25) is 0 Å². The van der Waals surface area contributed by atoms with Crippen LogP contribution in [0.3, 0.4) is 0 Å². The minimum Gasteiger partial charge on any atom is -0.352 e. The lowest BCUT2D eigenvalue weighted by Crippen LogP contribution is -2.56. The Morgan fingerprint density at radius 2 is 1.85 bits per heavy atom. The van der Waals surface area contributed by atoms with Gasteiger partial charge >= 0.3 is 0 Å². The van der Waals surface area contributed by atoms with E-state index in [0.29, 0.717) is 47.1 Å². The number of carbonyl (C=O) groups excluding carboxylic acids is 1. The standard InChI is InChI=1S/C31H25FN6O2/c1-2-3-19-4-9-24-25(12-19)28(35-36-30(24)39)14-20-5-10-27(32)26(13-20)31(40)38-22-7-8-23(38)18-37(17-22)29-11-6-21(15-33)16-34-29/h4-6,9-13,16,22-23H,7-8,14,17-18H2,1H3,(H,36,39). The number of amides is 1. The van der Waals surface area contributed by atoms with Gasteiger partial charge in [0, 0.05) is 36.7 Å². The van der Waals surface area contributed by atoms with Crippen molar-refractivity contribution in [1.29, 1.82) is 5.26 Å². The highest BCUT2D eigenvalue weighted by Gasteiger charge is 2.43. The maximum atomic E-state index is 15.1. The van der Waals surface area contributed by atoms with Crippen molar-refractivity contribution in [2.24, 2.45) is 0 Å². The van der Waals surface area contributed by atoms with Crippen molar-refractivity contribution < 1.29 is 9.18 Å². The molecule has 4 aromatic rings. The molecule has 0 radical (unpaired) electrons. The lowest BCUT2D eigenvalue weighted by atomic mass is 10.00. The summed E-state index contributed by atoms with van der Waals surface area (Å²) in [6.07, 6.45) is 3.53. The number of piperazine rings is 1. The van der Waals surface area contributed by atoms with Gasteiger partial charge in [-0.05, 0) is 67.8 Å². The number of nitrogens with zero attached hydrogens (tertiary/aromatic N) is 5. The van der Waals surface area contributed by atoms with E-state index in [1.54, 1.807) is 43.5 Å². The summed E-state index contributed by atoms with van der Waals surface area (Å²) in [5, 5.41) is 17.0. The van der Waals surface area contributed by atoms with Crippen LogP contribution in [-0.2, 0) is 6.42 Å². The quantitative estimate of drug-likeness (QED) is 0.401. The van der Waals surface area contributed by atoms with Crippen LogP contribution in [0, 0.1) is 29.0 Å². The molecular formula is C31H25FN6O2. The number of nitrogens with one attached hydrogen (secondary N) is 1. The van der Waals surface area contributed by atoms with E-state index in [2.05, 4.69) is 38.0 Å². The van der Waals surface area contributed by atoms with Crippen molar-refractivity contribution in [3.05, 3.63) is 98.8 Å². The van der Waals surface area contributed by atoms with Crippen LogP contribution in [0.4, 0.5) is 10.2 Å². The second-order valence-electron chi connectivity index (χ2n) is 10.1. The molecule has 2 fully saturated rings. The number of aromatic amines is 1. The molecule has 1 amide bonds. The fourth-order valence-electron chi connectivity index (χ4n) is 5.82. The van der Waals surface area contributed by atoms with E-state index < -0.39 is 5.82 Å². The third-order valence-electron chi connectivity index (χ3n) is 7.69. The molecule has 0 saturated carbocycles. The molecule has 0 spiro atoms. The predicted molar refractivity (Wildman–Crippen MR) is 148 cm³/mol. The summed E-state index contributed by atoms with van der Waals surface area (Å²) in [5.74, 6) is 5.74. The van der Waals surface area contributed by atoms with Gasteiger partial charge in [-0.2, -0.15) is 10.4 Å². The van der Waals surface area contributed by atoms with Gasteiger partial charge in [0.1, 0.15) is 17.7 Å². The Labute approximate surface area is 230 Å². The van der Waals surface area contributed by atoms with Gasteiger partial charge in [-0.15, -0.1) is 5.92 Å². The maximum Gasteiger partial charge on any atom is 0.272 e. The van der Waals surface area contributed by atoms with Gasteiger partial charge in [0.15, 0.2) is 0 Å². The normalized spacial score (nSPS) is 17.8. The Kier molecular flexibility index (Phi) is 6.49. The van der Waals surface area contributed by atoms with Gasteiger partial charge in [-0.1, -0.05) is 12.0 Å². The van der Waals surface area contributed by atoms with E-state index in [9.17, 15) is 9.59 Å². The number of aromatic nitrogens is 3. The summed E-state index contributed by atoms with van der Waals surface area (Å²) >= 11 is 0. The fraction of sp³-hybridized carbons (Fsp3) is 0.258. The van der Waals surface area contributed by atoms with Crippen molar-refractivity contribution >= 4 is 22.5 Å². The van der Waals surface area contributed by atoms with Gasteiger partial charge in [-0.3, -0.25) is 9.59 Å². The molecule has 1 N–H and O–H groups in total. The average Bonchev–Trinajstić information content (AvgIpc) is 3.24. The number of hydrogen-bond donors (Lipinski definition) is 1. The summed E-state index contributed by atoms with van der Waals surface area (Å²) in [7, 11) is 0. The molecular weight excluding hydrogens is 507 g/mol. The van der Waals surface area contributed by atoms with Crippen LogP contribution in [0.25, 0.3) is 10.8 Å². The van der Waals surface area contributed by atoms with E-state index >= 15 is 4.39 Å². The lowest BCUT2D eigenvalue weighted by molar-refractivity contribution is 0.0636. The van der Waals surface area contributed by atoms with Crippen LogP contribution in [-0.4, -0.2) is 51.2 Å². The first-order valence-corrected chi connectivity index (χ1v) is 13.1. The largest absolute Gasteiger partial charge is 0.352 e. The summed E-state index contributed by atoms with van der Waals surface area (Å²) in [6, 6.07) is 15.4. The first-order valence-electron chi connectivity index (χ1n) is 13.1. The highest BCUT2D eigenvalue weighted by atomic mass is 19.1. The van der Waals surface area contributed by atoms with Gasteiger partial charge in [0.25, 0.3) is 11.5 Å². The third kappa shape index (κ3) is 4.56. The van der Waals surface area contributed by atoms with Crippen LogP contribution < -0.4 is 10.5 Å². The molecule has 2 aliphatic rings. The van der Waals surface area contributed by atoms with Crippen molar-refractivity contribution in [2.45, 2.75) is 38.3 Å². The topological polar surface area (TPSA) is 106 Å². The number of rotatable bonds is 4. The molecule has 2 saturated heterocycles. The zero-order chi connectivity index (χ0) is 27.8. The molecule has 2 aliphatic heterocycles. The van der Waals surface area contributed by atoms with E-state index in [1.807, 2.05) is 17.0 Å². The fourth-order valence-corrected chi connectivity index (χ4v) is 5.82. The number of carbonyl (C=O) groups is 1. The molecule has 2 atom stereocenters. The molecule has 2 unspecified atom stereocenters. The smallest absolute Gasteiger partial charge is 0.272 e. The van der Waals surface area contributed by atoms with Crippen molar-refractivity contribution in [3.8, 4) is 17.9 Å². The number of pyridine rings is 1. The van der Waals surface area contributed by atoms with Gasteiger partial charge in [0.2, 0.25) is 0 Å². The first kappa shape index (κ1) is 25.3. The minimum atomic E-state index is -0.566. The molecule has 2 bridgehead atoms. The second kappa shape index (κ2) is 10.3. The first-order chi connectivity index (χ1) is 19.4. The van der Waals surface area contributed by atoms with E-state index in [0.717, 1.165) is 24.2 Å². The monoisotopic (exact) mass is 532 g/mol. The number of H-pyrrole nitrogens is 1. The summed E-state index contributed by atoms with van der Waals surface area (Å²) in [6.45, 7) is 2.94. The minimum absolute atomic E-state index is 0.0330. The van der Waals surface area contributed by atoms with E-state index in [1.165, 1.54) is 6.07 Å². The summed E-state index contributed by atoms with van der Waals surface area (Å²) < 4.78 is 15.1. The third-order valence-corrected chi connectivity index (χ3v) is 7.69. The molecule has 2 aromatic heterocycles. The Bertz CT molecular complexity index is 1780. The number of fused-ring (bicyclic) bond motifs is 3. The number of hydrogen-bond acceptors (Lipinski definition) is 6. The molecule has 4 heterocycles. The number of halogens is 1. The number of nitriles is 1. The summed E-state index contributed by atoms with van der Waals surface area (Å²) in [5.41, 5.74) is 2.33. The molecule has 9 heteroatoms. The molecule has 198 valence electrons. The predicted octanol–water partition coefficient (Wildman–Crippen LogP) is 3.78. The zero-order valence-corrected chi connectivity index (χ0v) is 21.8. The number of benzene rings is 2. The second-order valence-corrected chi connectivity index (χ2v) is 10.1. The van der Waals surface area contributed by atoms with Crippen molar-refractivity contribution in [1.82, 2.24) is 20.1 Å². The highest BCUT2D eigenvalue weighted by Crippen LogP contribution is 2.34. The Hall–Kier alpha value is -5.02. The van der Waals surface area contributed by atoms with Gasteiger partial charge in [-0.25, -0.2) is 14.5 Å². The lowest BCUT2D eigenvalue weighted by Gasteiger charge is -2.41. The Balaban J connectivity index is 1.26. The van der Waals surface area contributed by atoms with Crippen molar-refractivity contribution in [3.63, 3.8) is 0 Å². The maximum absolute atomic E-state index is 15.1. The molecule has 2 aromatic carbocycles. The van der Waals surface area contributed by atoms with E-state index in [4.69, 9.17) is 5.26 Å². The zero-order valence-electron chi connectivity index (χ0n) is 21.8. The molecule has 8 nitrogen and oxygen atoms in total. The molecule has 40 heavy (non-hydrogen) atoms. The Morgan fingerprint density at radius 3 is 2.55 bits per heavy atom. The molecule has 6 rings (SSSR count). The van der Waals surface area contributed by atoms with E-state index in [-0.39, 0.29) is 29.1 Å². The highest BCUT2D eigenvalue weighted by molar-refractivity contribution is 5.95. The van der Waals surface area contributed by atoms with Crippen LogP contribution in [0.1, 0.15) is 52.5 Å². The van der Waals surface area contributed by atoms with Crippen molar-refractivity contribution in [2.75, 3.05) is 18.0 Å². The average molecular weight is 533 g/mol. The SMILES string of the molecule is CC#Cc1ccc2c(=O)[nH]nc(Cc3ccc(F)c(C(=O)N4C5CCC4CN(c4ccc(C#N)cn4)C5)c3)c2c1. The summed E-state index contributed by atoms with van der Waals surface area (Å²) in [4.78, 5) is 34.4. The van der Waals surface area contributed by atoms with Crippen LogP contribution in [0.15, 0.2) is 59.5 Å². The van der Waals surface area contributed by atoms with Crippen LogP contribution >= 0.6 is 0 Å². The molecule has 0 aliphatic carbocycles. The van der Waals surface area contributed by atoms with Gasteiger partial charge < -0.3 is 9.80 Å². The van der Waals surface area contributed by atoms with Crippen LogP contribution in [0.5, 0.6) is 0 Å². The van der Waals surface area contributed by atoms with Gasteiger partial charge in [0.05, 0.1) is 34.3 Å².